The second-order valence-electron chi connectivity index (χ2n) is 4.75. The van der Waals surface area contributed by atoms with Crippen molar-refractivity contribution in [2.75, 3.05) is 20.2 Å². The lowest BCUT2D eigenvalue weighted by Crippen LogP contribution is -2.36. The van der Waals surface area contributed by atoms with Crippen molar-refractivity contribution in [2.24, 2.45) is 0 Å². The first-order chi connectivity index (χ1) is 9.87. The molecule has 0 amide bonds. The van der Waals surface area contributed by atoms with E-state index in [-0.39, 0.29) is 21.2 Å². The fourth-order valence-corrected chi connectivity index (χ4v) is 4.38. The first-order valence-electron chi connectivity index (χ1n) is 6.49. The van der Waals surface area contributed by atoms with Gasteiger partial charge in [-0.3, -0.25) is 0 Å². The third-order valence-corrected chi connectivity index (χ3v) is 5.51. The molecular formula is C13H16ClNO5S. The van der Waals surface area contributed by atoms with Gasteiger partial charge in [-0.05, 0) is 25.0 Å². The zero-order chi connectivity index (χ0) is 15.6. The number of piperidine rings is 1. The molecule has 1 aromatic carbocycles. The Bertz CT molecular complexity index is 653. The molecular weight excluding hydrogens is 318 g/mol. The van der Waals surface area contributed by atoms with Crippen LogP contribution in [0.1, 0.15) is 29.6 Å². The molecule has 0 aliphatic carbocycles. The summed E-state index contributed by atoms with van der Waals surface area (Å²) in [5.74, 6) is -1.47. The van der Waals surface area contributed by atoms with Crippen molar-refractivity contribution in [2.45, 2.75) is 24.2 Å². The Morgan fingerprint density at radius 2 is 1.90 bits per heavy atom. The highest BCUT2D eigenvalue weighted by Gasteiger charge is 2.31. The van der Waals surface area contributed by atoms with Crippen LogP contribution >= 0.6 is 11.6 Å². The maximum Gasteiger partial charge on any atom is 0.339 e. The van der Waals surface area contributed by atoms with E-state index in [0.29, 0.717) is 13.1 Å². The van der Waals surface area contributed by atoms with E-state index in [4.69, 9.17) is 16.3 Å². The molecule has 21 heavy (non-hydrogen) atoms. The van der Waals surface area contributed by atoms with Crippen molar-refractivity contribution < 1.29 is 23.1 Å². The summed E-state index contributed by atoms with van der Waals surface area (Å²) >= 11 is 5.87. The summed E-state index contributed by atoms with van der Waals surface area (Å²) in [4.78, 5) is 11.0. The maximum absolute atomic E-state index is 12.7. The Labute approximate surface area is 128 Å². The van der Waals surface area contributed by atoms with Gasteiger partial charge in [-0.25, -0.2) is 13.2 Å². The maximum atomic E-state index is 12.7. The van der Waals surface area contributed by atoms with Gasteiger partial charge in [0.05, 0.1) is 7.11 Å². The molecule has 6 nitrogen and oxygen atoms in total. The van der Waals surface area contributed by atoms with Gasteiger partial charge in [0.25, 0.3) is 0 Å². The summed E-state index contributed by atoms with van der Waals surface area (Å²) in [5, 5.41) is 9.22. The van der Waals surface area contributed by atoms with Crippen molar-refractivity contribution in [3.8, 4) is 5.75 Å². The second-order valence-corrected chi connectivity index (χ2v) is 7.10. The average molecular weight is 334 g/mol. The van der Waals surface area contributed by atoms with Crippen LogP contribution in [0.15, 0.2) is 17.0 Å². The minimum absolute atomic E-state index is 0.0452. The number of hydrogen-bond donors (Lipinski definition) is 1. The van der Waals surface area contributed by atoms with Gasteiger partial charge < -0.3 is 9.84 Å². The van der Waals surface area contributed by atoms with E-state index < -0.39 is 16.0 Å². The highest BCUT2D eigenvalue weighted by Crippen LogP contribution is 2.34. The van der Waals surface area contributed by atoms with E-state index in [1.165, 1.54) is 23.5 Å². The molecule has 0 atom stereocenters. The number of hydrogen-bond acceptors (Lipinski definition) is 4. The third kappa shape index (κ3) is 3.14. The molecule has 1 aliphatic heterocycles. The van der Waals surface area contributed by atoms with Crippen LogP contribution in [0, 0.1) is 0 Å². The van der Waals surface area contributed by atoms with Crippen molar-refractivity contribution in [1.82, 2.24) is 4.31 Å². The van der Waals surface area contributed by atoms with E-state index in [2.05, 4.69) is 0 Å². The molecule has 0 saturated carbocycles. The number of aromatic carboxylic acids is 1. The number of carbonyl (C=O) groups is 1. The predicted octanol–water partition coefficient (Wildman–Crippen LogP) is 2.22. The normalized spacial score (nSPS) is 16.7. The molecule has 0 bridgehead atoms. The highest BCUT2D eigenvalue weighted by atomic mass is 35.5. The fraction of sp³-hybridized carbons (Fsp3) is 0.462. The number of methoxy groups -OCH3 is 1. The summed E-state index contributed by atoms with van der Waals surface area (Å²) in [7, 11) is -2.58. The Morgan fingerprint density at radius 1 is 1.29 bits per heavy atom. The van der Waals surface area contributed by atoms with E-state index in [1.54, 1.807) is 0 Å². The van der Waals surface area contributed by atoms with Crippen molar-refractivity contribution >= 4 is 27.6 Å². The standard InChI is InChI=1S/C13H16ClNO5S/c1-20-12-10(13(16)17)7-9(14)8-11(12)21(18,19)15-5-3-2-4-6-15/h7-8H,2-6H2,1H3,(H,16,17). The van der Waals surface area contributed by atoms with Crippen molar-refractivity contribution in [3.63, 3.8) is 0 Å². The van der Waals surface area contributed by atoms with Gasteiger partial charge in [-0.15, -0.1) is 0 Å². The van der Waals surface area contributed by atoms with Crippen LogP contribution in [0.5, 0.6) is 5.75 Å². The lowest BCUT2D eigenvalue weighted by molar-refractivity contribution is 0.0693. The van der Waals surface area contributed by atoms with E-state index in [1.807, 2.05) is 0 Å². The molecule has 1 aliphatic rings. The number of nitrogens with zero attached hydrogens (tertiary/aromatic N) is 1. The molecule has 2 rings (SSSR count). The topological polar surface area (TPSA) is 83.9 Å². The minimum atomic E-state index is -3.82. The molecule has 0 spiro atoms. The summed E-state index contributed by atoms with van der Waals surface area (Å²) in [5.41, 5.74) is -0.263. The SMILES string of the molecule is COc1c(C(=O)O)cc(Cl)cc1S(=O)(=O)N1CCCCC1. The monoisotopic (exact) mass is 333 g/mol. The lowest BCUT2D eigenvalue weighted by atomic mass is 10.2. The Balaban J connectivity index is 2.59. The number of ether oxygens (including phenoxy) is 1. The fourth-order valence-electron chi connectivity index (χ4n) is 2.37. The van der Waals surface area contributed by atoms with Crippen LogP contribution in [0.4, 0.5) is 0 Å². The molecule has 1 N–H and O–H groups in total. The predicted molar refractivity (Wildman–Crippen MR) is 77.6 cm³/mol. The van der Waals surface area contributed by atoms with E-state index in [9.17, 15) is 18.3 Å². The number of carboxylic acids is 1. The van der Waals surface area contributed by atoms with E-state index in [0.717, 1.165) is 19.3 Å². The van der Waals surface area contributed by atoms with E-state index >= 15 is 0 Å². The van der Waals surface area contributed by atoms with Crippen LogP contribution in [0.3, 0.4) is 0 Å². The molecule has 0 radical (unpaired) electrons. The van der Waals surface area contributed by atoms with Gasteiger partial charge in [-0.2, -0.15) is 4.31 Å². The summed E-state index contributed by atoms with van der Waals surface area (Å²) in [6.07, 6.45) is 2.56. The largest absolute Gasteiger partial charge is 0.494 e. The number of benzene rings is 1. The summed E-state index contributed by atoms with van der Waals surface area (Å²) in [6, 6.07) is 2.41. The first-order valence-corrected chi connectivity index (χ1v) is 8.30. The van der Waals surface area contributed by atoms with Gasteiger partial charge in [0.1, 0.15) is 10.5 Å². The number of halogens is 1. The van der Waals surface area contributed by atoms with Crippen LogP contribution < -0.4 is 4.74 Å². The quantitative estimate of drug-likeness (QED) is 0.913. The van der Waals surface area contributed by atoms with Gasteiger partial charge in [0.15, 0.2) is 5.75 Å². The molecule has 1 heterocycles. The van der Waals surface area contributed by atoms with Crippen molar-refractivity contribution in [1.29, 1.82) is 0 Å². The minimum Gasteiger partial charge on any atom is -0.494 e. The smallest absolute Gasteiger partial charge is 0.339 e. The van der Waals surface area contributed by atoms with Crippen LogP contribution in [0.2, 0.25) is 5.02 Å². The summed E-state index contributed by atoms with van der Waals surface area (Å²) < 4.78 is 31.7. The molecule has 8 heteroatoms. The first kappa shape index (κ1) is 16.1. The van der Waals surface area contributed by atoms with Crippen molar-refractivity contribution in [3.05, 3.63) is 22.7 Å². The summed E-state index contributed by atoms with van der Waals surface area (Å²) in [6.45, 7) is 0.834. The van der Waals surface area contributed by atoms with Gasteiger partial charge in [0, 0.05) is 18.1 Å². The zero-order valence-corrected chi connectivity index (χ0v) is 13.1. The molecule has 1 fully saturated rings. The molecule has 1 aromatic rings. The number of sulfonamides is 1. The second kappa shape index (κ2) is 6.21. The Morgan fingerprint density at radius 3 is 2.43 bits per heavy atom. The molecule has 0 aromatic heterocycles. The van der Waals surface area contributed by atoms with Crippen LogP contribution in [-0.2, 0) is 10.0 Å². The number of rotatable bonds is 4. The lowest BCUT2D eigenvalue weighted by Gasteiger charge is -2.26. The molecule has 1 saturated heterocycles. The third-order valence-electron chi connectivity index (χ3n) is 3.39. The zero-order valence-electron chi connectivity index (χ0n) is 11.5. The van der Waals surface area contributed by atoms with Gasteiger partial charge in [-0.1, -0.05) is 18.0 Å². The molecule has 116 valence electrons. The van der Waals surface area contributed by atoms with Crippen LogP contribution in [-0.4, -0.2) is 44.0 Å². The highest BCUT2D eigenvalue weighted by molar-refractivity contribution is 7.89. The van der Waals surface area contributed by atoms with Crippen LogP contribution in [0.25, 0.3) is 0 Å². The van der Waals surface area contributed by atoms with Gasteiger partial charge >= 0.3 is 5.97 Å². The Hall–Kier alpha value is -1.31. The average Bonchev–Trinajstić information content (AvgIpc) is 2.47. The molecule has 0 unspecified atom stereocenters. The van der Waals surface area contributed by atoms with Gasteiger partial charge in [0.2, 0.25) is 10.0 Å². The number of carboxylic acid groups (broad SMARTS) is 1. The Kier molecular flexibility index (Phi) is 4.75.